The summed E-state index contributed by atoms with van der Waals surface area (Å²) in [5.74, 6) is 0. The summed E-state index contributed by atoms with van der Waals surface area (Å²) in [5.41, 5.74) is 5.67. The fourth-order valence-corrected chi connectivity index (χ4v) is 82.2. The van der Waals surface area contributed by atoms with Gasteiger partial charge in [0, 0.05) is 0 Å². The molecule has 0 aliphatic heterocycles. The van der Waals surface area contributed by atoms with Gasteiger partial charge in [-0.15, -0.1) is 0 Å². The normalized spacial score (nSPS) is 17.0. The predicted octanol–water partition coefficient (Wildman–Crippen LogP) is -0.232. The maximum absolute atomic E-state index is 6.99. The van der Waals surface area contributed by atoms with Crippen LogP contribution in [0.15, 0.2) is 191 Å². The first kappa shape index (κ1) is 33.6. The van der Waals surface area contributed by atoms with Gasteiger partial charge in [0.1, 0.15) is 0 Å². The number of rotatable bonds is 6. The molecule has 0 saturated carbocycles. The molecule has 2 aliphatic rings. The van der Waals surface area contributed by atoms with E-state index in [1.54, 1.807) is 3.28 Å². The van der Waals surface area contributed by atoms with Crippen molar-refractivity contribution in [1.82, 2.24) is 0 Å². The van der Waals surface area contributed by atoms with Crippen LogP contribution in [0.4, 0.5) is 0 Å². The van der Waals surface area contributed by atoms with E-state index in [4.69, 9.17) is 0 Å². The molecule has 0 radical (unpaired) electrons. The van der Waals surface area contributed by atoms with Gasteiger partial charge in [-0.25, -0.2) is 0 Å². The van der Waals surface area contributed by atoms with E-state index in [-0.39, 0.29) is 28.4 Å². The molecule has 0 heterocycles. The van der Waals surface area contributed by atoms with Crippen molar-refractivity contribution in [3.05, 3.63) is 202 Å². The first-order chi connectivity index (χ1) is 21.8. The van der Waals surface area contributed by atoms with Gasteiger partial charge >= 0.3 is 264 Å². The Bertz CT molecular complexity index is 2020. The van der Waals surface area contributed by atoms with Crippen molar-refractivity contribution in [3.63, 3.8) is 0 Å². The molecule has 234 valence electrons. The third-order valence-electron chi connectivity index (χ3n) is 14.8. The van der Waals surface area contributed by atoms with Gasteiger partial charge in [-0.05, 0) is 0 Å². The summed E-state index contributed by atoms with van der Waals surface area (Å²) >= 11 is -6.99. The molecule has 0 spiro atoms. The molecule has 6 aromatic rings. The Kier molecular flexibility index (Phi) is 7.06. The van der Waals surface area contributed by atoms with E-state index in [0.717, 1.165) is 21.2 Å². The molecule has 8 rings (SSSR count). The number of fused-ring (bicyclic) bond motifs is 3. The second kappa shape index (κ2) is 9.88. The second-order valence-electron chi connectivity index (χ2n) is 15.9. The van der Waals surface area contributed by atoms with E-state index in [1.807, 2.05) is 0 Å². The van der Waals surface area contributed by atoms with Gasteiger partial charge in [0.25, 0.3) is 0 Å². The zero-order chi connectivity index (χ0) is 30.8. The van der Waals surface area contributed by atoms with Gasteiger partial charge in [0.15, 0.2) is 0 Å². The van der Waals surface area contributed by atoms with Crippen LogP contribution in [0.3, 0.4) is 0 Å². The van der Waals surface area contributed by atoms with E-state index < -0.39 is 12.7 Å². The number of hydrogen-bond acceptors (Lipinski definition) is 0. The van der Waals surface area contributed by atoms with Crippen LogP contribution in [0, 0.1) is 0 Å². The quantitative estimate of drug-likeness (QED) is 0.206. The summed E-state index contributed by atoms with van der Waals surface area (Å²) in [7, 11) is 1.74. The van der Waals surface area contributed by atoms with Crippen LogP contribution in [0.25, 0.3) is 11.1 Å². The number of allylic oxidation sites excluding steroid dienone is 4. The Morgan fingerprint density at radius 2 is 0.745 bits per heavy atom. The van der Waals surface area contributed by atoms with E-state index in [9.17, 15) is 0 Å². The van der Waals surface area contributed by atoms with Gasteiger partial charge in [0.05, 0.1) is 0 Å². The molecule has 0 atom stereocenters. The third-order valence-corrected chi connectivity index (χ3v) is 102. The first-order valence-corrected chi connectivity index (χ1v) is 40.7. The SMILES string of the molecule is [Cl-].[Cl-].[SiH3][Zr+2]([SiH3])([C]1=CC=CC1)([c]1ccccc1)([c]1ccccc1)([c]1ccccc1)([c]1ccccc1)[CH]1c2ccccc2-c2ccccc21. The number of halogens is 2. The van der Waals surface area contributed by atoms with Crippen molar-refractivity contribution in [3.8, 4) is 11.1 Å². The summed E-state index contributed by atoms with van der Waals surface area (Å²) in [6, 6.07) is 66.5. The van der Waals surface area contributed by atoms with E-state index in [0.29, 0.717) is 0 Å². The van der Waals surface area contributed by atoms with Crippen molar-refractivity contribution >= 4 is 27.8 Å². The summed E-state index contributed by atoms with van der Waals surface area (Å²) in [6.45, 7) is 0. The Morgan fingerprint density at radius 3 is 1.06 bits per heavy atom. The van der Waals surface area contributed by atoms with E-state index in [2.05, 4.69) is 188 Å². The van der Waals surface area contributed by atoms with Crippen LogP contribution in [0.1, 0.15) is 21.2 Å². The van der Waals surface area contributed by atoms with Crippen molar-refractivity contribution in [2.24, 2.45) is 0 Å². The van der Waals surface area contributed by atoms with Crippen molar-refractivity contribution in [2.45, 2.75) is 10.0 Å². The molecule has 47 heavy (non-hydrogen) atoms. The number of hydrogen-bond donors (Lipinski definition) is 0. The molecule has 0 N–H and O–H groups in total. The van der Waals surface area contributed by atoms with E-state index in [1.165, 1.54) is 35.3 Å². The van der Waals surface area contributed by atoms with Crippen LogP contribution in [-0.4, -0.2) is 14.7 Å². The standard InChI is InChI=1S/C13H9.4C6H5.C5H5.2ClH.2H3Si.Zr/c1-3-7-12-10(5-1)9-11-6-2-4-8-13(11)12;4*1-2-4-6-5-3-1;1-2-4-5-3-1;;;;;/h1-9H;4*1-5H;1-3H,4H2;2*1H;2*1H3;/q;;;;;;;;;;+2/p-2. The fourth-order valence-electron chi connectivity index (χ4n) is 12.2. The Balaban J connectivity index is 0.00000193. The topological polar surface area (TPSA) is 0 Å². The summed E-state index contributed by atoms with van der Waals surface area (Å²) in [4.78, 5) is 0. The van der Waals surface area contributed by atoms with Gasteiger partial charge in [-0.3, -0.25) is 0 Å². The zero-order valence-electron chi connectivity index (χ0n) is 26.9. The average Bonchev–Trinajstić information content (AvgIpc) is 3.80. The Morgan fingerprint density at radius 1 is 0.426 bits per heavy atom. The molecular formula is C42H40Cl2Si2Zr. The van der Waals surface area contributed by atoms with Gasteiger partial charge < -0.3 is 24.8 Å². The predicted molar refractivity (Wildman–Crippen MR) is 200 cm³/mol. The van der Waals surface area contributed by atoms with Crippen molar-refractivity contribution in [1.29, 1.82) is 0 Å². The molecule has 0 fully saturated rings. The molecule has 2 aliphatic carbocycles. The Hall–Kier alpha value is -3.30. The minimum absolute atomic E-state index is 0. The van der Waals surface area contributed by atoms with Gasteiger partial charge in [-0.2, -0.15) is 0 Å². The van der Waals surface area contributed by atoms with Crippen LogP contribution in [0.5, 0.6) is 0 Å². The monoisotopic (exact) mass is 760 g/mol. The third kappa shape index (κ3) is 2.99. The fraction of sp³-hybridized carbons (Fsp3) is 0.0476. The first-order valence-electron chi connectivity index (χ1n) is 16.4. The summed E-state index contributed by atoms with van der Waals surface area (Å²) < 4.78 is 7.72. The summed E-state index contributed by atoms with van der Waals surface area (Å²) in [6.07, 6.45) is 8.29. The summed E-state index contributed by atoms with van der Waals surface area (Å²) in [5, 5.41) is 0. The molecule has 0 amide bonds. The molecule has 5 heteroatoms. The molecule has 0 unspecified atom stereocenters. The van der Waals surface area contributed by atoms with Crippen molar-refractivity contribution < 1.29 is 37.5 Å². The van der Waals surface area contributed by atoms with Crippen LogP contribution in [-0.2, 0) is 12.7 Å². The molecule has 0 saturated heterocycles. The van der Waals surface area contributed by atoms with Crippen LogP contribution < -0.4 is 37.9 Å². The maximum atomic E-state index is 2.58. The molecule has 0 nitrogen and oxygen atoms in total. The zero-order valence-corrected chi connectivity index (χ0v) is 34.9. The molecule has 0 bridgehead atoms. The minimum atomic E-state index is -6.99. The van der Waals surface area contributed by atoms with Gasteiger partial charge in [0.2, 0.25) is 0 Å². The molecular weight excluding hydrogens is 723 g/mol. The molecule has 6 aromatic carbocycles. The van der Waals surface area contributed by atoms with Crippen molar-refractivity contribution in [2.75, 3.05) is 0 Å². The van der Waals surface area contributed by atoms with E-state index >= 15 is 0 Å². The molecule has 0 aromatic heterocycles. The van der Waals surface area contributed by atoms with Crippen LogP contribution >= 0.6 is 0 Å². The number of benzene rings is 6. The second-order valence-corrected chi connectivity index (χ2v) is 112. The average molecular weight is 763 g/mol. The van der Waals surface area contributed by atoms with Gasteiger partial charge in [-0.1, -0.05) is 0 Å². The Labute approximate surface area is 286 Å². The van der Waals surface area contributed by atoms with Crippen LogP contribution in [0.2, 0.25) is 0 Å².